The number of hydrogen-bond acceptors (Lipinski definition) is 1. The minimum atomic E-state index is -0.446. The number of halogens is 3. The lowest BCUT2D eigenvalue weighted by Gasteiger charge is -2.10. The molecule has 2 amide bonds. The minimum absolute atomic E-state index is 0.349. The molecule has 2 aromatic carbocycles. The summed E-state index contributed by atoms with van der Waals surface area (Å²) in [5.41, 5.74) is 1.68. The first-order chi connectivity index (χ1) is 9.45. The predicted octanol–water partition coefficient (Wildman–Crippen LogP) is 5.08. The Balaban J connectivity index is 2.07. The molecule has 0 spiro atoms. The van der Waals surface area contributed by atoms with Crippen molar-refractivity contribution in [3.8, 4) is 0 Å². The van der Waals surface area contributed by atoms with Gasteiger partial charge in [0.2, 0.25) is 0 Å². The van der Waals surface area contributed by atoms with Crippen LogP contribution in [0.3, 0.4) is 0 Å². The number of hydrogen-bond donors (Lipinski definition) is 2. The predicted molar refractivity (Wildman–Crippen MR) is 80.2 cm³/mol. The average Bonchev–Trinajstić information content (AvgIpc) is 2.37. The molecule has 0 saturated heterocycles. The molecule has 0 aromatic heterocycles. The number of rotatable bonds is 2. The van der Waals surface area contributed by atoms with Crippen molar-refractivity contribution in [3.05, 3.63) is 57.8 Å². The van der Waals surface area contributed by atoms with Gasteiger partial charge in [0.15, 0.2) is 0 Å². The van der Waals surface area contributed by atoms with Crippen LogP contribution in [0.1, 0.15) is 5.56 Å². The highest BCUT2D eigenvalue weighted by Gasteiger charge is 2.07. The fraction of sp³-hybridized carbons (Fsp3) is 0.0714. The van der Waals surface area contributed by atoms with Crippen LogP contribution in [-0.2, 0) is 0 Å². The minimum Gasteiger partial charge on any atom is -0.308 e. The molecule has 0 fully saturated rings. The Labute approximate surface area is 125 Å². The van der Waals surface area contributed by atoms with E-state index in [0.717, 1.165) is 0 Å². The van der Waals surface area contributed by atoms with Gasteiger partial charge in [0.05, 0.1) is 10.0 Å². The fourth-order valence-corrected chi connectivity index (χ4v) is 1.92. The lowest BCUT2D eigenvalue weighted by Crippen LogP contribution is -2.20. The van der Waals surface area contributed by atoms with Gasteiger partial charge < -0.3 is 10.6 Å². The van der Waals surface area contributed by atoms with Crippen LogP contribution in [0.15, 0.2) is 36.4 Å². The quantitative estimate of drug-likeness (QED) is 0.797. The molecule has 0 heterocycles. The maximum atomic E-state index is 13.0. The molecule has 0 aliphatic carbocycles. The Morgan fingerprint density at radius 3 is 2.45 bits per heavy atom. The number of nitrogens with one attached hydrogen (secondary N) is 2. The molecule has 2 N–H and O–H groups in total. The van der Waals surface area contributed by atoms with E-state index in [4.69, 9.17) is 23.2 Å². The number of benzene rings is 2. The van der Waals surface area contributed by atoms with Gasteiger partial charge in [-0.1, -0.05) is 23.2 Å². The van der Waals surface area contributed by atoms with Crippen molar-refractivity contribution in [2.45, 2.75) is 6.92 Å². The van der Waals surface area contributed by atoms with E-state index in [1.54, 1.807) is 25.1 Å². The van der Waals surface area contributed by atoms with Gasteiger partial charge in [-0.05, 0) is 48.9 Å². The molecule has 6 heteroatoms. The van der Waals surface area contributed by atoms with Crippen molar-refractivity contribution in [1.29, 1.82) is 0 Å². The van der Waals surface area contributed by atoms with Crippen LogP contribution in [0.4, 0.5) is 20.6 Å². The lowest BCUT2D eigenvalue weighted by molar-refractivity contribution is 0.262. The summed E-state index contributed by atoms with van der Waals surface area (Å²) >= 11 is 11.6. The Kier molecular flexibility index (Phi) is 4.47. The Morgan fingerprint density at radius 2 is 1.80 bits per heavy atom. The molecule has 0 radical (unpaired) electrons. The van der Waals surface area contributed by atoms with Crippen LogP contribution < -0.4 is 10.6 Å². The highest BCUT2D eigenvalue weighted by atomic mass is 35.5. The van der Waals surface area contributed by atoms with E-state index in [1.807, 2.05) is 0 Å². The molecular weight excluding hydrogens is 302 g/mol. The number of anilines is 2. The summed E-state index contributed by atoms with van der Waals surface area (Å²) in [7, 11) is 0. The van der Waals surface area contributed by atoms with Crippen molar-refractivity contribution in [2.75, 3.05) is 10.6 Å². The number of aryl methyl sites for hydroxylation is 1. The Bertz CT molecular complexity index is 662. The molecular formula is C14H11Cl2FN2O. The van der Waals surface area contributed by atoms with Crippen LogP contribution in [0.2, 0.25) is 10.0 Å². The van der Waals surface area contributed by atoms with Crippen LogP contribution in [0, 0.1) is 12.7 Å². The molecule has 3 nitrogen and oxygen atoms in total. The van der Waals surface area contributed by atoms with Crippen molar-refractivity contribution in [2.24, 2.45) is 0 Å². The first-order valence-electron chi connectivity index (χ1n) is 5.75. The molecule has 0 saturated carbocycles. The van der Waals surface area contributed by atoms with E-state index in [-0.39, 0.29) is 5.82 Å². The van der Waals surface area contributed by atoms with Crippen LogP contribution >= 0.6 is 23.2 Å². The summed E-state index contributed by atoms with van der Waals surface area (Å²) in [6, 6.07) is 8.43. The third-order valence-corrected chi connectivity index (χ3v) is 3.35. The third kappa shape index (κ3) is 3.62. The normalized spacial score (nSPS) is 10.2. The first-order valence-corrected chi connectivity index (χ1v) is 6.50. The topological polar surface area (TPSA) is 41.1 Å². The summed E-state index contributed by atoms with van der Waals surface area (Å²) in [6.45, 7) is 1.71. The molecule has 2 aromatic rings. The van der Waals surface area contributed by atoms with E-state index >= 15 is 0 Å². The summed E-state index contributed by atoms with van der Waals surface area (Å²) in [5, 5.41) is 6.00. The van der Waals surface area contributed by atoms with Crippen molar-refractivity contribution in [3.63, 3.8) is 0 Å². The SMILES string of the molecule is Cc1cc(F)ccc1NC(=O)Nc1ccc(Cl)c(Cl)c1. The average molecular weight is 313 g/mol. The van der Waals surface area contributed by atoms with Gasteiger partial charge in [-0.2, -0.15) is 0 Å². The van der Waals surface area contributed by atoms with Gasteiger partial charge in [0.1, 0.15) is 5.82 Å². The van der Waals surface area contributed by atoms with Gasteiger partial charge in [-0.3, -0.25) is 0 Å². The highest BCUT2D eigenvalue weighted by molar-refractivity contribution is 6.42. The van der Waals surface area contributed by atoms with E-state index in [0.29, 0.717) is 27.0 Å². The largest absolute Gasteiger partial charge is 0.323 e. The maximum absolute atomic E-state index is 13.0. The second kappa shape index (κ2) is 6.11. The fourth-order valence-electron chi connectivity index (χ4n) is 1.63. The summed E-state index contributed by atoms with van der Waals surface area (Å²) < 4.78 is 13.0. The van der Waals surface area contributed by atoms with Gasteiger partial charge in [0, 0.05) is 11.4 Å². The first kappa shape index (κ1) is 14.6. The highest BCUT2D eigenvalue weighted by Crippen LogP contribution is 2.25. The van der Waals surface area contributed by atoms with Gasteiger partial charge >= 0.3 is 6.03 Å². The molecule has 104 valence electrons. The summed E-state index contributed by atoms with van der Waals surface area (Å²) in [4.78, 5) is 11.8. The number of carbonyl (C=O) groups is 1. The monoisotopic (exact) mass is 312 g/mol. The molecule has 0 unspecified atom stereocenters. The van der Waals surface area contributed by atoms with Crippen LogP contribution in [0.25, 0.3) is 0 Å². The van der Waals surface area contributed by atoms with E-state index in [2.05, 4.69) is 10.6 Å². The van der Waals surface area contributed by atoms with Crippen LogP contribution in [0.5, 0.6) is 0 Å². The second-order valence-corrected chi connectivity index (χ2v) is 4.98. The molecule has 2 rings (SSSR count). The van der Waals surface area contributed by atoms with E-state index in [1.165, 1.54) is 18.2 Å². The number of urea groups is 1. The summed E-state index contributed by atoms with van der Waals surface area (Å²) in [6.07, 6.45) is 0. The lowest BCUT2D eigenvalue weighted by atomic mass is 10.2. The summed E-state index contributed by atoms with van der Waals surface area (Å²) in [5.74, 6) is -0.349. The van der Waals surface area contributed by atoms with Crippen molar-refractivity contribution < 1.29 is 9.18 Å². The Hall–Kier alpha value is -1.78. The number of carbonyl (C=O) groups excluding carboxylic acids is 1. The van der Waals surface area contributed by atoms with Gasteiger partial charge in [-0.25, -0.2) is 9.18 Å². The maximum Gasteiger partial charge on any atom is 0.323 e. The molecule has 0 aliphatic heterocycles. The standard InChI is InChI=1S/C14H11Cl2FN2O/c1-8-6-9(17)2-5-13(8)19-14(20)18-10-3-4-11(15)12(16)7-10/h2-7H,1H3,(H2,18,19,20). The molecule has 0 atom stereocenters. The molecule has 20 heavy (non-hydrogen) atoms. The molecule has 0 bridgehead atoms. The Morgan fingerprint density at radius 1 is 1.05 bits per heavy atom. The van der Waals surface area contributed by atoms with Crippen LogP contribution in [-0.4, -0.2) is 6.03 Å². The van der Waals surface area contributed by atoms with Crippen molar-refractivity contribution >= 4 is 40.6 Å². The zero-order valence-corrected chi connectivity index (χ0v) is 12.0. The third-order valence-electron chi connectivity index (χ3n) is 2.61. The molecule has 0 aliphatic rings. The van der Waals surface area contributed by atoms with Gasteiger partial charge in [0.25, 0.3) is 0 Å². The van der Waals surface area contributed by atoms with E-state index < -0.39 is 6.03 Å². The zero-order valence-electron chi connectivity index (χ0n) is 10.5. The second-order valence-electron chi connectivity index (χ2n) is 4.17. The number of amides is 2. The van der Waals surface area contributed by atoms with Crippen molar-refractivity contribution in [1.82, 2.24) is 0 Å². The zero-order chi connectivity index (χ0) is 14.7. The smallest absolute Gasteiger partial charge is 0.308 e. The van der Waals surface area contributed by atoms with Gasteiger partial charge in [-0.15, -0.1) is 0 Å². The van der Waals surface area contributed by atoms with E-state index in [9.17, 15) is 9.18 Å².